The third-order valence-electron chi connectivity index (χ3n) is 2.77. The topological polar surface area (TPSA) is 77.0 Å². The standard InChI is InChI=1S/C11H12N4O/c12-11-14-10(16-15-11)8-3-1-5-9-7(8)4-2-6-13-9/h1,3,5,13H,2,4,6H2,(H2,12,15). The Morgan fingerprint density at radius 1 is 1.38 bits per heavy atom. The molecule has 2 heterocycles. The van der Waals surface area contributed by atoms with Crippen LogP contribution in [0.1, 0.15) is 12.0 Å². The van der Waals surface area contributed by atoms with Gasteiger partial charge in [-0.15, -0.1) is 0 Å². The van der Waals surface area contributed by atoms with Crippen LogP contribution < -0.4 is 11.1 Å². The maximum atomic E-state index is 5.46. The number of hydrogen-bond acceptors (Lipinski definition) is 5. The van der Waals surface area contributed by atoms with Crippen LogP contribution in [0.15, 0.2) is 22.7 Å². The number of benzene rings is 1. The van der Waals surface area contributed by atoms with Crippen molar-refractivity contribution in [3.05, 3.63) is 23.8 Å². The van der Waals surface area contributed by atoms with E-state index in [9.17, 15) is 0 Å². The molecule has 3 N–H and O–H groups in total. The van der Waals surface area contributed by atoms with Gasteiger partial charge in [-0.3, -0.25) is 0 Å². The third kappa shape index (κ3) is 1.41. The molecule has 16 heavy (non-hydrogen) atoms. The van der Waals surface area contributed by atoms with Gasteiger partial charge in [-0.2, -0.15) is 4.98 Å². The molecule has 0 saturated heterocycles. The first-order chi connectivity index (χ1) is 7.84. The lowest BCUT2D eigenvalue weighted by molar-refractivity contribution is 0.432. The molecule has 0 amide bonds. The summed E-state index contributed by atoms with van der Waals surface area (Å²) in [6, 6.07) is 6.03. The maximum Gasteiger partial charge on any atom is 0.261 e. The Labute approximate surface area is 92.7 Å². The Morgan fingerprint density at radius 3 is 3.12 bits per heavy atom. The highest BCUT2D eigenvalue weighted by atomic mass is 16.5. The van der Waals surface area contributed by atoms with Crippen molar-refractivity contribution in [2.45, 2.75) is 12.8 Å². The molecule has 0 unspecified atom stereocenters. The van der Waals surface area contributed by atoms with E-state index in [0.717, 1.165) is 30.6 Å². The van der Waals surface area contributed by atoms with Gasteiger partial charge >= 0.3 is 0 Å². The second-order valence-electron chi connectivity index (χ2n) is 3.82. The van der Waals surface area contributed by atoms with Gasteiger partial charge in [-0.1, -0.05) is 6.07 Å². The number of nitrogen functional groups attached to an aromatic ring is 1. The lowest BCUT2D eigenvalue weighted by Gasteiger charge is -2.19. The Hall–Kier alpha value is -2.04. The van der Waals surface area contributed by atoms with Crippen molar-refractivity contribution >= 4 is 11.6 Å². The van der Waals surface area contributed by atoms with Crippen molar-refractivity contribution in [3.8, 4) is 11.5 Å². The molecule has 0 fully saturated rings. The van der Waals surface area contributed by atoms with Gasteiger partial charge in [0.25, 0.3) is 11.8 Å². The lowest BCUT2D eigenvalue weighted by atomic mass is 9.97. The SMILES string of the molecule is Nc1noc(-c2cccc3c2CCCN3)n1. The predicted molar refractivity (Wildman–Crippen MR) is 61.0 cm³/mol. The molecule has 82 valence electrons. The van der Waals surface area contributed by atoms with Gasteiger partial charge in [0.15, 0.2) is 0 Å². The molecule has 1 aromatic carbocycles. The molecule has 2 aromatic rings. The molecule has 1 aliphatic rings. The van der Waals surface area contributed by atoms with E-state index in [1.807, 2.05) is 12.1 Å². The zero-order valence-corrected chi connectivity index (χ0v) is 8.73. The van der Waals surface area contributed by atoms with Crippen molar-refractivity contribution in [1.82, 2.24) is 10.1 Å². The van der Waals surface area contributed by atoms with E-state index in [4.69, 9.17) is 10.3 Å². The van der Waals surface area contributed by atoms with Crippen LogP contribution >= 0.6 is 0 Å². The third-order valence-corrected chi connectivity index (χ3v) is 2.77. The number of nitrogens with zero attached hydrogens (tertiary/aromatic N) is 2. The van der Waals surface area contributed by atoms with Gasteiger partial charge in [0.1, 0.15) is 0 Å². The molecule has 1 aliphatic heterocycles. The average Bonchev–Trinajstić information content (AvgIpc) is 2.75. The Morgan fingerprint density at radius 2 is 2.31 bits per heavy atom. The van der Waals surface area contributed by atoms with Crippen LogP contribution in [-0.4, -0.2) is 16.7 Å². The van der Waals surface area contributed by atoms with Crippen molar-refractivity contribution < 1.29 is 4.52 Å². The van der Waals surface area contributed by atoms with E-state index in [1.54, 1.807) is 0 Å². The van der Waals surface area contributed by atoms with Crippen molar-refractivity contribution in [2.75, 3.05) is 17.6 Å². The summed E-state index contributed by atoms with van der Waals surface area (Å²) in [5.74, 6) is 0.675. The van der Waals surface area contributed by atoms with E-state index in [-0.39, 0.29) is 5.95 Å². The van der Waals surface area contributed by atoms with Crippen molar-refractivity contribution in [1.29, 1.82) is 0 Å². The van der Waals surface area contributed by atoms with Gasteiger partial charge < -0.3 is 15.6 Å². The fourth-order valence-electron chi connectivity index (χ4n) is 2.05. The number of hydrogen-bond donors (Lipinski definition) is 2. The number of aromatic nitrogens is 2. The molecular formula is C11H12N4O. The smallest absolute Gasteiger partial charge is 0.261 e. The summed E-state index contributed by atoms with van der Waals surface area (Å²) in [4.78, 5) is 4.06. The quantitative estimate of drug-likeness (QED) is 0.758. The zero-order valence-electron chi connectivity index (χ0n) is 8.73. The summed E-state index contributed by atoms with van der Waals surface area (Å²) < 4.78 is 5.10. The van der Waals surface area contributed by atoms with Gasteiger partial charge in [-0.05, 0) is 35.7 Å². The van der Waals surface area contributed by atoms with Gasteiger partial charge in [0.05, 0.1) is 0 Å². The highest BCUT2D eigenvalue weighted by Crippen LogP contribution is 2.31. The van der Waals surface area contributed by atoms with E-state index < -0.39 is 0 Å². The Kier molecular flexibility index (Phi) is 2.02. The first-order valence-corrected chi connectivity index (χ1v) is 5.30. The lowest BCUT2D eigenvalue weighted by Crippen LogP contribution is -2.12. The van der Waals surface area contributed by atoms with Crippen LogP contribution in [0.3, 0.4) is 0 Å². The number of nitrogens with two attached hydrogens (primary N) is 1. The van der Waals surface area contributed by atoms with E-state index >= 15 is 0 Å². The van der Waals surface area contributed by atoms with E-state index in [0.29, 0.717) is 5.89 Å². The Bertz CT molecular complexity index is 520. The molecule has 5 nitrogen and oxygen atoms in total. The van der Waals surface area contributed by atoms with E-state index in [2.05, 4.69) is 21.5 Å². The van der Waals surface area contributed by atoms with Gasteiger partial charge in [0.2, 0.25) is 0 Å². The molecule has 0 saturated carbocycles. The second-order valence-corrected chi connectivity index (χ2v) is 3.82. The van der Waals surface area contributed by atoms with Crippen molar-refractivity contribution in [2.24, 2.45) is 0 Å². The summed E-state index contributed by atoms with van der Waals surface area (Å²) in [6.07, 6.45) is 2.15. The minimum atomic E-state index is 0.177. The first kappa shape index (κ1) is 9.21. The molecule has 1 aromatic heterocycles. The summed E-state index contributed by atoms with van der Waals surface area (Å²) >= 11 is 0. The normalized spacial score (nSPS) is 14.2. The fraction of sp³-hybridized carbons (Fsp3) is 0.273. The zero-order chi connectivity index (χ0) is 11.0. The summed E-state index contributed by atoms with van der Waals surface area (Å²) in [6.45, 7) is 1.02. The maximum absolute atomic E-state index is 5.46. The number of rotatable bonds is 1. The highest BCUT2D eigenvalue weighted by molar-refractivity contribution is 5.70. The highest BCUT2D eigenvalue weighted by Gasteiger charge is 2.17. The first-order valence-electron chi connectivity index (χ1n) is 5.30. The average molecular weight is 216 g/mol. The molecule has 0 spiro atoms. The molecule has 0 atom stereocenters. The van der Waals surface area contributed by atoms with Crippen molar-refractivity contribution in [3.63, 3.8) is 0 Å². The largest absolute Gasteiger partial charge is 0.385 e. The molecule has 0 bridgehead atoms. The minimum Gasteiger partial charge on any atom is -0.385 e. The van der Waals surface area contributed by atoms with Gasteiger partial charge in [0, 0.05) is 17.8 Å². The molecule has 5 heteroatoms. The minimum absolute atomic E-state index is 0.177. The van der Waals surface area contributed by atoms with Crippen LogP contribution in [0.5, 0.6) is 0 Å². The van der Waals surface area contributed by atoms with Crippen LogP contribution in [-0.2, 0) is 6.42 Å². The van der Waals surface area contributed by atoms with Crippen LogP contribution in [0.25, 0.3) is 11.5 Å². The molecule has 3 rings (SSSR count). The molecule has 0 aliphatic carbocycles. The summed E-state index contributed by atoms with van der Waals surface area (Å²) in [5, 5.41) is 6.97. The van der Waals surface area contributed by atoms with Crippen LogP contribution in [0.4, 0.5) is 11.6 Å². The number of fused-ring (bicyclic) bond motifs is 1. The van der Waals surface area contributed by atoms with Crippen LogP contribution in [0.2, 0.25) is 0 Å². The number of nitrogens with one attached hydrogen (secondary N) is 1. The Balaban J connectivity index is 2.13. The molecular weight excluding hydrogens is 204 g/mol. The fourth-order valence-corrected chi connectivity index (χ4v) is 2.05. The van der Waals surface area contributed by atoms with E-state index in [1.165, 1.54) is 5.56 Å². The monoisotopic (exact) mass is 216 g/mol. The summed E-state index contributed by atoms with van der Waals surface area (Å²) in [5.41, 5.74) is 8.83. The predicted octanol–water partition coefficient (Wildman–Crippen LogP) is 1.68. The van der Waals surface area contributed by atoms with Gasteiger partial charge in [-0.25, -0.2) is 0 Å². The number of anilines is 2. The summed E-state index contributed by atoms with van der Waals surface area (Å²) in [7, 11) is 0. The van der Waals surface area contributed by atoms with Crippen LogP contribution in [0, 0.1) is 0 Å². The molecule has 0 radical (unpaired) electrons. The second kappa shape index (κ2) is 3.52.